The average molecular weight is 317 g/mol. The van der Waals surface area contributed by atoms with Gasteiger partial charge >= 0.3 is 0 Å². The average Bonchev–Trinajstić information content (AvgIpc) is 3.07. The highest BCUT2D eigenvalue weighted by Crippen LogP contribution is 2.32. The summed E-state index contributed by atoms with van der Waals surface area (Å²) in [6.07, 6.45) is 3.68. The van der Waals surface area contributed by atoms with Gasteiger partial charge in [0.25, 0.3) is 0 Å². The molecular formula is C21H23N3. The van der Waals surface area contributed by atoms with E-state index in [2.05, 4.69) is 52.3 Å². The summed E-state index contributed by atoms with van der Waals surface area (Å²) >= 11 is 0. The van der Waals surface area contributed by atoms with Crippen LogP contribution in [0.3, 0.4) is 0 Å². The molecule has 0 saturated carbocycles. The van der Waals surface area contributed by atoms with Crippen LogP contribution in [0.15, 0.2) is 48.5 Å². The largest absolute Gasteiger partial charge is 0.368 e. The molecule has 0 bridgehead atoms. The molecule has 2 aromatic rings. The van der Waals surface area contributed by atoms with Gasteiger partial charge in [-0.15, -0.1) is 0 Å². The first-order chi connectivity index (χ1) is 11.8. The molecule has 2 aliphatic heterocycles. The highest BCUT2D eigenvalue weighted by atomic mass is 15.2. The Hall–Kier alpha value is -2.31. The predicted molar refractivity (Wildman–Crippen MR) is 96.9 cm³/mol. The lowest BCUT2D eigenvalue weighted by Gasteiger charge is -2.38. The fourth-order valence-electron chi connectivity index (χ4n) is 4.08. The van der Waals surface area contributed by atoms with E-state index in [1.165, 1.54) is 42.6 Å². The second-order valence-corrected chi connectivity index (χ2v) is 6.89. The molecule has 2 aromatic carbocycles. The third-order valence-corrected chi connectivity index (χ3v) is 5.41. The van der Waals surface area contributed by atoms with Gasteiger partial charge in [0.15, 0.2) is 0 Å². The number of hydrogen-bond acceptors (Lipinski definition) is 3. The molecular weight excluding hydrogens is 294 g/mol. The number of piperidine rings is 1. The maximum atomic E-state index is 8.89. The summed E-state index contributed by atoms with van der Waals surface area (Å²) in [6.45, 7) is 4.49. The van der Waals surface area contributed by atoms with E-state index in [0.29, 0.717) is 6.04 Å². The zero-order valence-electron chi connectivity index (χ0n) is 14.0. The van der Waals surface area contributed by atoms with Crippen molar-refractivity contribution in [2.75, 3.05) is 24.5 Å². The summed E-state index contributed by atoms with van der Waals surface area (Å²) in [7, 11) is 0. The maximum Gasteiger partial charge on any atom is 0.0991 e. The summed E-state index contributed by atoms with van der Waals surface area (Å²) in [5, 5.41) is 8.89. The Morgan fingerprint density at radius 2 is 1.71 bits per heavy atom. The van der Waals surface area contributed by atoms with Gasteiger partial charge in [-0.1, -0.05) is 30.3 Å². The van der Waals surface area contributed by atoms with Crippen LogP contribution in [-0.2, 0) is 13.0 Å². The summed E-state index contributed by atoms with van der Waals surface area (Å²) in [4.78, 5) is 5.17. The molecule has 122 valence electrons. The lowest BCUT2D eigenvalue weighted by molar-refractivity contribution is 0.202. The number of hydrogen-bond donors (Lipinski definition) is 0. The summed E-state index contributed by atoms with van der Waals surface area (Å²) < 4.78 is 0. The number of likely N-dealkylation sites (tertiary alicyclic amines) is 1. The molecule has 0 aliphatic carbocycles. The Balaban J connectivity index is 1.35. The van der Waals surface area contributed by atoms with Gasteiger partial charge in [-0.25, -0.2) is 0 Å². The molecule has 24 heavy (non-hydrogen) atoms. The van der Waals surface area contributed by atoms with Gasteiger partial charge in [-0.2, -0.15) is 5.26 Å². The Kier molecular flexibility index (Phi) is 4.23. The van der Waals surface area contributed by atoms with Gasteiger partial charge in [0.2, 0.25) is 0 Å². The Labute approximate surface area is 144 Å². The van der Waals surface area contributed by atoms with Crippen molar-refractivity contribution in [3.63, 3.8) is 0 Å². The fraction of sp³-hybridized carbons (Fsp3) is 0.381. The number of nitrogens with zero attached hydrogens (tertiary/aromatic N) is 3. The van der Waals surface area contributed by atoms with Gasteiger partial charge < -0.3 is 4.90 Å². The predicted octanol–water partition coefficient (Wildman–Crippen LogP) is 3.59. The van der Waals surface area contributed by atoms with E-state index in [9.17, 15) is 0 Å². The van der Waals surface area contributed by atoms with Crippen molar-refractivity contribution < 1.29 is 0 Å². The van der Waals surface area contributed by atoms with Crippen molar-refractivity contribution in [3.05, 3.63) is 65.2 Å². The van der Waals surface area contributed by atoms with Crippen LogP contribution in [0.5, 0.6) is 0 Å². The molecule has 1 fully saturated rings. The zero-order chi connectivity index (χ0) is 16.4. The number of nitriles is 1. The molecule has 0 amide bonds. The number of anilines is 1. The van der Waals surface area contributed by atoms with Crippen LogP contribution in [0.1, 0.15) is 29.5 Å². The first-order valence-electron chi connectivity index (χ1n) is 8.89. The van der Waals surface area contributed by atoms with E-state index in [-0.39, 0.29) is 0 Å². The molecule has 0 radical (unpaired) electrons. The second kappa shape index (κ2) is 6.67. The standard InChI is InChI=1S/C21H23N3/c22-15-17-5-7-18(8-6-17)16-23-12-10-20(11-13-23)24-14-9-19-3-1-2-4-21(19)24/h1-8,20H,9-14,16H2. The van der Waals surface area contributed by atoms with Crippen molar-refractivity contribution in [1.82, 2.24) is 4.90 Å². The monoisotopic (exact) mass is 317 g/mol. The van der Waals surface area contributed by atoms with E-state index in [1.54, 1.807) is 0 Å². The number of para-hydroxylation sites is 1. The SMILES string of the molecule is N#Cc1ccc(CN2CCC(N3CCc4ccccc43)CC2)cc1. The first-order valence-corrected chi connectivity index (χ1v) is 8.89. The van der Waals surface area contributed by atoms with Gasteiger partial charge in [0, 0.05) is 37.9 Å². The van der Waals surface area contributed by atoms with Crippen molar-refractivity contribution in [2.45, 2.75) is 31.8 Å². The Morgan fingerprint density at radius 1 is 0.958 bits per heavy atom. The summed E-state index contributed by atoms with van der Waals surface area (Å²) in [5.74, 6) is 0. The molecule has 2 heterocycles. The molecule has 1 saturated heterocycles. The first kappa shape index (κ1) is 15.2. The number of rotatable bonds is 3. The lowest BCUT2D eigenvalue weighted by atomic mass is 10.0. The fourth-order valence-corrected chi connectivity index (χ4v) is 4.08. The Bertz CT molecular complexity index is 736. The van der Waals surface area contributed by atoms with Gasteiger partial charge in [-0.05, 0) is 48.6 Å². The van der Waals surface area contributed by atoms with Gasteiger partial charge in [0.05, 0.1) is 11.6 Å². The Morgan fingerprint density at radius 3 is 2.46 bits per heavy atom. The van der Waals surface area contributed by atoms with E-state index < -0.39 is 0 Å². The molecule has 0 unspecified atom stereocenters. The van der Waals surface area contributed by atoms with E-state index in [4.69, 9.17) is 5.26 Å². The number of benzene rings is 2. The minimum absolute atomic E-state index is 0.686. The van der Waals surface area contributed by atoms with Crippen molar-refractivity contribution in [1.29, 1.82) is 5.26 Å². The van der Waals surface area contributed by atoms with Gasteiger partial charge in [-0.3, -0.25) is 4.90 Å². The second-order valence-electron chi connectivity index (χ2n) is 6.89. The van der Waals surface area contributed by atoms with Crippen molar-refractivity contribution >= 4 is 5.69 Å². The molecule has 4 rings (SSSR count). The topological polar surface area (TPSA) is 30.3 Å². The maximum absolute atomic E-state index is 8.89. The molecule has 2 aliphatic rings. The van der Waals surface area contributed by atoms with Crippen LogP contribution in [0.4, 0.5) is 5.69 Å². The molecule has 0 atom stereocenters. The lowest BCUT2D eigenvalue weighted by Crippen LogP contribution is -2.44. The van der Waals surface area contributed by atoms with Crippen molar-refractivity contribution in [2.24, 2.45) is 0 Å². The summed E-state index contributed by atoms with van der Waals surface area (Å²) in [6, 6.07) is 19.8. The van der Waals surface area contributed by atoms with E-state index in [1.807, 2.05) is 12.1 Å². The molecule has 3 heteroatoms. The smallest absolute Gasteiger partial charge is 0.0991 e. The molecule has 0 N–H and O–H groups in total. The third-order valence-electron chi connectivity index (χ3n) is 5.41. The molecule has 0 spiro atoms. The van der Waals surface area contributed by atoms with Crippen LogP contribution >= 0.6 is 0 Å². The molecule has 3 nitrogen and oxygen atoms in total. The van der Waals surface area contributed by atoms with Crippen LogP contribution in [0.25, 0.3) is 0 Å². The zero-order valence-corrected chi connectivity index (χ0v) is 14.0. The molecule has 0 aromatic heterocycles. The van der Waals surface area contributed by atoms with Gasteiger partial charge in [0.1, 0.15) is 0 Å². The summed E-state index contributed by atoms with van der Waals surface area (Å²) in [5.41, 5.74) is 5.02. The quantitative estimate of drug-likeness (QED) is 0.867. The highest BCUT2D eigenvalue weighted by Gasteiger charge is 2.28. The van der Waals surface area contributed by atoms with Crippen LogP contribution < -0.4 is 4.90 Å². The van der Waals surface area contributed by atoms with Crippen molar-refractivity contribution in [3.8, 4) is 6.07 Å². The van der Waals surface area contributed by atoms with Crippen LogP contribution in [0, 0.1) is 11.3 Å². The normalized spacial score (nSPS) is 18.4. The number of fused-ring (bicyclic) bond motifs is 1. The third kappa shape index (κ3) is 3.02. The minimum Gasteiger partial charge on any atom is -0.368 e. The van der Waals surface area contributed by atoms with E-state index in [0.717, 1.165) is 25.2 Å². The highest BCUT2D eigenvalue weighted by molar-refractivity contribution is 5.58. The van der Waals surface area contributed by atoms with Crippen LogP contribution in [0.2, 0.25) is 0 Å². The van der Waals surface area contributed by atoms with Crippen LogP contribution in [-0.4, -0.2) is 30.6 Å². The van der Waals surface area contributed by atoms with E-state index >= 15 is 0 Å². The minimum atomic E-state index is 0.686.